The van der Waals surface area contributed by atoms with Crippen LogP contribution in [-0.4, -0.2) is 29.5 Å². The van der Waals surface area contributed by atoms with E-state index in [-0.39, 0.29) is 5.91 Å². The van der Waals surface area contributed by atoms with Gasteiger partial charge in [0.25, 0.3) is 5.91 Å². The second-order valence-electron chi connectivity index (χ2n) is 4.73. The van der Waals surface area contributed by atoms with Crippen molar-refractivity contribution in [3.63, 3.8) is 0 Å². The van der Waals surface area contributed by atoms with Crippen LogP contribution >= 0.6 is 0 Å². The van der Waals surface area contributed by atoms with Crippen molar-refractivity contribution in [1.29, 1.82) is 0 Å². The zero-order valence-corrected chi connectivity index (χ0v) is 10.8. The molecule has 1 aliphatic rings. The Morgan fingerprint density at radius 1 is 1.39 bits per heavy atom. The van der Waals surface area contributed by atoms with Crippen molar-refractivity contribution in [2.75, 3.05) is 18.9 Å². The molecular weight excluding hydrogens is 228 g/mol. The van der Waals surface area contributed by atoms with E-state index in [0.29, 0.717) is 11.5 Å². The molecular formula is C13H20N4O. The van der Waals surface area contributed by atoms with Crippen LogP contribution in [0.5, 0.6) is 0 Å². The quantitative estimate of drug-likeness (QED) is 0.834. The molecule has 1 fully saturated rings. The van der Waals surface area contributed by atoms with Gasteiger partial charge in [0.05, 0.1) is 12.4 Å². The van der Waals surface area contributed by atoms with Gasteiger partial charge in [0.2, 0.25) is 0 Å². The van der Waals surface area contributed by atoms with Gasteiger partial charge >= 0.3 is 0 Å². The predicted octanol–water partition coefficient (Wildman–Crippen LogP) is 1.83. The third-order valence-electron chi connectivity index (χ3n) is 3.44. The fourth-order valence-electron chi connectivity index (χ4n) is 2.38. The van der Waals surface area contributed by atoms with Gasteiger partial charge in [0.1, 0.15) is 11.5 Å². The lowest BCUT2D eigenvalue weighted by atomic mass is 10.0. The molecule has 0 aliphatic heterocycles. The summed E-state index contributed by atoms with van der Waals surface area (Å²) >= 11 is 0. The number of anilines is 1. The summed E-state index contributed by atoms with van der Waals surface area (Å²) < 4.78 is 0. The number of aromatic nitrogens is 2. The number of nitrogens with zero attached hydrogens (tertiary/aromatic N) is 2. The molecule has 0 aromatic carbocycles. The van der Waals surface area contributed by atoms with Crippen molar-refractivity contribution in [2.24, 2.45) is 5.92 Å². The first-order valence-corrected chi connectivity index (χ1v) is 6.57. The van der Waals surface area contributed by atoms with Gasteiger partial charge < -0.3 is 10.6 Å². The second-order valence-corrected chi connectivity index (χ2v) is 4.73. The zero-order valence-electron chi connectivity index (χ0n) is 10.8. The van der Waals surface area contributed by atoms with Gasteiger partial charge in [-0.15, -0.1) is 0 Å². The topological polar surface area (TPSA) is 66.9 Å². The molecule has 1 aliphatic carbocycles. The van der Waals surface area contributed by atoms with Crippen molar-refractivity contribution >= 4 is 11.7 Å². The van der Waals surface area contributed by atoms with Gasteiger partial charge in [-0.3, -0.25) is 9.78 Å². The fourth-order valence-corrected chi connectivity index (χ4v) is 2.38. The van der Waals surface area contributed by atoms with E-state index >= 15 is 0 Å². The Kier molecular flexibility index (Phi) is 4.50. The van der Waals surface area contributed by atoms with Crippen LogP contribution < -0.4 is 10.6 Å². The minimum Gasteiger partial charge on any atom is -0.372 e. The minimum atomic E-state index is -0.141. The normalized spacial score (nSPS) is 15.6. The van der Waals surface area contributed by atoms with E-state index < -0.39 is 0 Å². The molecule has 0 spiro atoms. The van der Waals surface area contributed by atoms with Crippen LogP contribution in [0.4, 0.5) is 5.82 Å². The summed E-state index contributed by atoms with van der Waals surface area (Å²) in [6.07, 6.45) is 9.46. The zero-order chi connectivity index (χ0) is 12.8. The van der Waals surface area contributed by atoms with E-state index in [1.165, 1.54) is 31.9 Å². The van der Waals surface area contributed by atoms with Crippen molar-refractivity contribution < 1.29 is 4.79 Å². The molecule has 1 aromatic heterocycles. The van der Waals surface area contributed by atoms with Crippen LogP contribution in [0.15, 0.2) is 12.4 Å². The molecule has 0 bridgehead atoms. The Labute approximate surface area is 107 Å². The third-order valence-corrected chi connectivity index (χ3v) is 3.44. The van der Waals surface area contributed by atoms with Gasteiger partial charge in [-0.2, -0.15) is 0 Å². The molecule has 0 saturated heterocycles. The van der Waals surface area contributed by atoms with E-state index in [9.17, 15) is 4.79 Å². The van der Waals surface area contributed by atoms with Gasteiger partial charge in [0, 0.05) is 13.6 Å². The lowest BCUT2D eigenvalue weighted by molar-refractivity contribution is 0.0946. The van der Waals surface area contributed by atoms with Crippen LogP contribution in [0.1, 0.15) is 42.6 Å². The van der Waals surface area contributed by atoms with E-state index in [1.54, 1.807) is 13.2 Å². The highest BCUT2D eigenvalue weighted by atomic mass is 16.1. The number of carbonyl (C=O) groups is 1. The monoisotopic (exact) mass is 248 g/mol. The highest BCUT2D eigenvalue weighted by Gasteiger charge is 2.15. The molecule has 1 heterocycles. The first kappa shape index (κ1) is 12.8. The van der Waals surface area contributed by atoms with Crippen LogP contribution in [-0.2, 0) is 0 Å². The number of hydrogen-bond acceptors (Lipinski definition) is 4. The number of rotatable bonds is 5. The summed E-state index contributed by atoms with van der Waals surface area (Å²) in [5.74, 6) is 1.26. The Morgan fingerprint density at radius 2 is 2.17 bits per heavy atom. The smallest absolute Gasteiger partial charge is 0.271 e. The molecule has 1 saturated carbocycles. The first-order valence-electron chi connectivity index (χ1n) is 6.57. The summed E-state index contributed by atoms with van der Waals surface area (Å²) in [6.45, 7) is 0.731. The Hall–Kier alpha value is -1.65. The van der Waals surface area contributed by atoms with Gasteiger partial charge in [0.15, 0.2) is 0 Å². The number of nitrogens with one attached hydrogen (secondary N) is 2. The van der Waals surface area contributed by atoms with Crippen molar-refractivity contribution in [3.05, 3.63) is 18.1 Å². The fraction of sp³-hybridized carbons (Fsp3) is 0.615. The molecule has 1 aromatic rings. The molecule has 98 valence electrons. The Morgan fingerprint density at radius 3 is 2.89 bits per heavy atom. The number of hydrogen-bond donors (Lipinski definition) is 2. The maximum absolute atomic E-state index is 11.8. The molecule has 0 radical (unpaired) electrons. The highest BCUT2D eigenvalue weighted by molar-refractivity contribution is 5.92. The molecule has 1 amide bonds. The number of amides is 1. The summed E-state index contributed by atoms with van der Waals surface area (Å²) in [4.78, 5) is 20.0. The van der Waals surface area contributed by atoms with Gasteiger partial charge in [-0.25, -0.2) is 4.98 Å². The second kappa shape index (κ2) is 6.33. The van der Waals surface area contributed by atoms with Crippen LogP contribution in [0, 0.1) is 5.92 Å². The van der Waals surface area contributed by atoms with E-state index in [0.717, 1.165) is 18.9 Å². The minimum absolute atomic E-state index is 0.141. The lowest BCUT2D eigenvalue weighted by Gasteiger charge is -2.09. The summed E-state index contributed by atoms with van der Waals surface area (Å²) in [5, 5.41) is 5.78. The van der Waals surface area contributed by atoms with E-state index in [2.05, 4.69) is 20.6 Å². The van der Waals surface area contributed by atoms with E-state index in [4.69, 9.17) is 0 Å². The molecule has 5 heteroatoms. The van der Waals surface area contributed by atoms with Crippen molar-refractivity contribution in [1.82, 2.24) is 15.3 Å². The largest absolute Gasteiger partial charge is 0.372 e. The SMILES string of the molecule is CNc1cncc(C(=O)NCCC2CCCC2)n1. The van der Waals surface area contributed by atoms with Crippen LogP contribution in [0.25, 0.3) is 0 Å². The van der Waals surface area contributed by atoms with Crippen molar-refractivity contribution in [2.45, 2.75) is 32.1 Å². The molecule has 18 heavy (non-hydrogen) atoms. The summed E-state index contributed by atoms with van der Waals surface area (Å²) in [6, 6.07) is 0. The van der Waals surface area contributed by atoms with Crippen molar-refractivity contribution in [3.8, 4) is 0 Å². The van der Waals surface area contributed by atoms with Crippen LogP contribution in [0.3, 0.4) is 0 Å². The average Bonchev–Trinajstić information content (AvgIpc) is 2.92. The maximum atomic E-state index is 11.8. The molecule has 5 nitrogen and oxygen atoms in total. The average molecular weight is 248 g/mol. The molecule has 0 unspecified atom stereocenters. The maximum Gasteiger partial charge on any atom is 0.271 e. The molecule has 0 atom stereocenters. The van der Waals surface area contributed by atoms with Gasteiger partial charge in [-0.05, 0) is 12.3 Å². The highest BCUT2D eigenvalue weighted by Crippen LogP contribution is 2.26. The third kappa shape index (κ3) is 3.42. The molecule has 2 rings (SSSR count). The lowest BCUT2D eigenvalue weighted by Crippen LogP contribution is -2.26. The van der Waals surface area contributed by atoms with Gasteiger partial charge in [-0.1, -0.05) is 25.7 Å². The Bertz CT molecular complexity index is 402. The van der Waals surface area contributed by atoms with E-state index in [1.807, 2.05) is 0 Å². The standard InChI is InChI=1S/C13H20N4O/c1-14-12-9-15-8-11(17-12)13(18)16-7-6-10-4-2-3-5-10/h8-10H,2-7H2,1H3,(H,14,17)(H,16,18). The summed E-state index contributed by atoms with van der Waals surface area (Å²) in [7, 11) is 1.76. The van der Waals surface area contributed by atoms with Crippen LogP contribution in [0.2, 0.25) is 0 Å². The first-order chi connectivity index (χ1) is 8.79. The Balaban J connectivity index is 1.79. The predicted molar refractivity (Wildman–Crippen MR) is 70.5 cm³/mol. The summed E-state index contributed by atoms with van der Waals surface area (Å²) in [5.41, 5.74) is 0.369. The molecule has 2 N–H and O–H groups in total. The number of carbonyl (C=O) groups excluding carboxylic acids is 1.